The number of furan rings is 1. The van der Waals surface area contributed by atoms with Crippen LogP contribution in [0, 0.1) is 0 Å². The third kappa shape index (κ3) is 5.45. The first kappa shape index (κ1) is 31.9. The molecule has 0 aliphatic heterocycles. The van der Waals surface area contributed by atoms with E-state index in [4.69, 9.17) is 19.4 Å². The molecule has 0 radical (unpaired) electrons. The Labute approximate surface area is 322 Å². The summed E-state index contributed by atoms with van der Waals surface area (Å²) < 4.78 is 6.88. The fourth-order valence-electron chi connectivity index (χ4n) is 7.89. The minimum absolute atomic E-state index is 0.596. The topological polar surface area (TPSA) is 55.1 Å². The Morgan fingerprint density at radius 1 is 0.339 bits per heavy atom. The molecule has 0 saturated heterocycles. The zero-order valence-corrected chi connectivity index (χ0v) is 30.2. The second-order valence-electron chi connectivity index (χ2n) is 14.1. The number of aromatic nitrogens is 3. The quantitative estimate of drug-likeness (QED) is 0.171. The average molecular weight is 717 g/mol. The summed E-state index contributed by atoms with van der Waals surface area (Å²) in [5.74, 6) is 1.84. The Balaban J connectivity index is 1.14. The maximum absolute atomic E-state index is 6.88. The van der Waals surface area contributed by atoms with Crippen LogP contribution in [0.2, 0.25) is 0 Å². The van der Waals surface area contributed by atoms with Crippen LogP contribution in [0.1, 0.15) is 0 Å². The first-order chi connectivity index (χ1) is 27.7. The van der Waals surface area contributed by atoms with E-state index in [0.717, 1.165) is 77.2 Å². The van der Waals surface area contributed by atoms with Gasteiger partial charge >= 0.3 is 0 Å². The van der Waals surface area contributed by atoms with Gasteiger partial charge in [0.05, 0.1) is 5.69 Å². The van der Waals surface area contributed by atoms with Crippen LogP contribution in [0.4, 0.5) is 17.1 Å². The summed E-state index contributed by atoms with van der Waals surface area (Å²) in [5, 5.41) is 8.84. The van der Waals surface area contributed by atoms with Crippen molar-refractivity contribution in [1.82, 2.24) is 15.0 Å². The molecule has 0 bridgehead atoms. The molecule has 0 N–H and O–H groups in total. The summed E-state index contributed by atoms with van der Waals surface area (Å²) in [5.41, 5.74) is 7.43. The molecule has 0 fully saturated rings. The van der Waals surface area contributed by atoms with E-state index in [1.165, 1.54) is 10.8 Å². The molecule has 0 aliphatic carbocycles. The molecule has 11 rings (SSSR count). The van der Waals surface area contributed by atoms with Crippen molar-refractivity contribution in [3.8, 4) is 34.2 Å². The number of anilines is 3. The summed E-state index contributed by atoms with van der Waals surface area (Å²) in [7, 11) is 0. The molecule has 2 aromatic heterocycles. The molecule has 56 heavy (non-hydrogen) atoms. The van der Waals surface area contributed by atoms with Crippen molar-refractivity contribution in [3.05, 3.63) is 194 Å². The van der Waals surface area contributed by atoms with Gasteiger partial charge in [0, 0.05) is 44.2 Å². The predicted octanol–water partition coefficient (Wildman–Crippen LogP) is 13.7. The molecule has 5 heteroatoms. The summed E-state index contributed by atoms with van der Waals surface area (Å²) in [6, 6.07) is 67.5. The lowest BCUT2D eigenvalue weighted by Gasteiger charge is -2.26. The third-order valence-electron chi connectivity index (χ3n) is 10.6. The number of rotatable bonds is 6. The van der Waals surface area contributed by atoms with Gasteiger partial charge < -0.3 is 9.32 Å². The van der Waals surface area contributed by atoms with E-state index in [-0.39, 0.29) is 0 Å². The van der Waals surface area contributed by atoms with Crippen molar-refractivity contribution >= 4 is 71.3 Å². The molecule has 9 aromatic carbocycles. The smallest absolute Gasteiger partial charge is 0.164 e. The monoisotopic (exact) mass is 716 g/mol. The first-order valence-corrected chi connectivity index (χ1v) is 18.8. The average Bonchev–Trinajstić information content (AvgIpc) is 3.64. The molecule has 0 atom stereocenters. The van der Waals surface area contributed by atoms with Gasteiger partial charge in [-0.3, -0.25) is 0 Å². The first-order valence-electron chi connectivity index (χ1n) is 18.8. The van der Waals surface area contributed by atoms with Gasteiger partial charge in [-0.25, -0.2) is 15.0 Å². The van der Waals surface area contributed by atoms with E-state index < -0.39 is 0 Å². The number of para-hydroxylation sites is 2. The lowest BCUT2D eigenvalue weighted by Crippen LogP contribution is -2.10. The Bertz CT molecular complexity index is 3130. The molecule has 262 valence electrons. The summed E-state index contributed by atoms with van der Waals surface area (Å²) in [6.07, 6.45) is 0. The zero-order valence-electron chi connectivity index (χ0n) is 30.2. The van der Waals surface area contributed by atoms with E-state index >= 15 is 0 Å². The molecular formula is C51H32N4O. The van der Waals surface area contributed by atoms with Crippen molar-refractivity contribution in [2.75, 3.05) is 4.90 Å². The highest BCUT2D eigenvalue weighted by Gasteiger charge is 2.23. The molecule has 2 heterocycles. The number of nitrogens with zero attached hydrogens (tertiary/aromatic N) is 4. The number of benzene rings is 9. The van der Waals surface area contributed by atoms with Crippen LogP contribution in [-0.4, -0.2) is 15.0 Å². The molecule has 0 unspecified atom stereocenters. The highest BCUT2D eigenvalue weighted by atomic mass is 16.3. The van der Waals surface area contributed by atoms with E-state index in [0.29, 0.717) is 17.5 Å². The van der Waals surface area contributed by atoms with Crippen LogP contribution in [-0.2, 0) is 0 Å². The van der Waals surface area contributed by atoms with E-state index in [2.05, 4.69) is 181 Å². The van der Waals surface area contributed by atoms with Crippen molar-refractivity contribution in [2.45, 2.75) is 0 Å². The van der Waals surface area contributed by atoms with E-state index in [1.54, 1.807) is 0 Å². The fraction of sp³-hybridized carbons (Fsp3) is 0. The molecule has 0 saturated carbocycles. The van der Waals surface area contributed by atoms with Gasteiger partial charge in [-0.15, -0.1) is 0 Å². The molecule has 0 aliphatic rings. The second kappa shape index (κ2) is 13.0. The minimum atomic E-state index is 0.596. The van der Waals surface area contributed by atoms with Gasteiger partial charge in [0.25, 0.3) is 0 Å². The van der Waals surface area contributed by atoms with Crippen molar-refractivity contribution in [1.29, 1.82) is 0 Å². The zero-order chi connectivity index (χ0) is 37.0. The third-order valence-corrected chi connectivity index (χ3v) is 10.6. The van der Waals surface area contributed by atoms with E-state index in [1.807, 2.05) is 18.2 Å². The number of hydrogen-bond donors (Lipinski definition) is 0. The molecule has 5 nitrogen and oxygen atoms in total. The highest BCUT2D eigenvalue weighted by molar-refractivity contribution is 6.19. The maximum atomic E-state index is 6.88. The highest BCUT2D eigenvalue weighted by Crippen LogP contribution is 2.46. The molecule has 0 amide bonds. The Kier molecular flexibility index (Phi) is 7.42. The summed E-state index contributed by atoms with van der Waals surface area (Å²) >= 11 is 0. The van der Waals surface area contributed by atoms with Crippen LogP contribution in [0.25, 0.3) is 88.4 Å². The lowest BCUT2D eigenvalue weighted by atomic mass is 10.0. The molecule has 11 aromatic rings. The minimum Gasteiger partial charge on any atom is -0.454 e. The van der Waals surface area contributed by atoms with Crippen LogP contribution >= 0.6 is 0 Å². The van der Waals surface area contributed by atoms with Gasteiger partial charge in [0.1, 0.15) is 5.58 Å². The lowest BCUT2D eigenvalue weighted by molar-refractivity contribution is 0.669. The Morgan fingerprint density at radius 2 is 0.804 bits per heavy atom. The fourth-order valence-corrected chi connectivity index (χ4v) is 7.89. The largest absolute Gasteiger partial charge is 0.454 e. The second-order valence-corrected chi connectivity index (χ2v) is 14.1. The van der Waals surface area contributed by atoms with Gasteiger partial charge in [0.2, 0.25) is 0 Å². The van der Waals surface area contributed by atoms with Crippen molar-refractivity contribution in [3.63, 3.8) is 0 Å². The van der Waals surface area contributed by atoms with Gasteiger partial charge in [0.15, 0.2) is 23.1 Å². The van der Waals surface area contributed by atoms with Crippen LogP contribution in [0.3, 0.4) is 0 Å². The summed E-state index contributed by atoms with van der Waals surface area (Å²) in [6.45, 7) is 0. The number of hydrogen-bond acceptors (Lipinski definition) is 5. The predicted molar refractivity (Wildman–Crippen MR) is 231 cm³/mol. The van der Waals surface area contributed by atoms with Crippen LogP contribution < -0.4 is 4.90 Å². The summed E-state index contributed by atoms with van der Waals surface area (Å²) in [4.78, 5) is 17.7. The number of fused-ring (bicyclic) bond motifs is 6. The normalized spacial score (nSPS) is 11.6. The maximum Gasteiger partial charge on any atom is 0.164 e. The molecular weight excluding hydrogens is 685 g/mol. The van der Waals surface area contributed by atoms with Gasteiger partial charge in [-0.1, -0.05) is 133 Å². The Hall–Kier alpha value is -7.63. The van der Waals surface area contributed by atoms with E-state index in [9.17, 15) is 0 Å². The SMILES string of the molecule is c1ccc(N(c2ccccc2)c2c3ccccc3cc3c2oc2ccc(-c4nc(-c5ccc6ccccc6c5)nc(-c5ccc6ccccc6c5)n4)cc23)cc1. The van der Waals surface area contributed by atoms with Crippen molar-refractivity contribution < 1.29 is 4.42 Å². The Morgan fingerprint density at radius 3 is 1.38 bits per heavy atom. The molecule has 0 spiro atoms. The van der Waals surface area contributed by atoms with Crippen molar-refractivity contribution in [2.24, 2.45) is 0 Å². The standard InChI is InChI=1S/C51H32N4O/c1-3-18-41(19-4-1)55(42-20-5-2-6-21-42)47-43-22-12-11-17-37(43)31-45-44-32-40(27-28-46(44)56-48(45)47)51-53-49(38-25-23-33-13-7-9-15-35(33)29-38)52-50(54-51)39-26-24-34-14-8-10-16-36(34)30-39/h1-32H. The van der Waals surface area contributed by atoms with Crippen LogP contribution in [0.15, 0.2) is 199 Å². The van der Waals surface area contributed by atoms with Gasteiger partial charge in [-0.05, 0) is 87.6 Å². The van der Waals surface area contributed by atoms with Gasteiger partial charge in [-0.2, -0.15) is 0 Å². The van der Waals surface area contributed by atoms with Crippen LogP contribution in [0.5, 0.6) is 0 Å².